The van der Waals surface area contributed by atoms with Crippen molar-refractivity contribution in [2.45, 2.75) is 45.0 Å². The van der Waals surface area contributed by atoms with Gasteiger partial charge in [0.25, 0.3) is 0 Å². The number of aliphatic hydroxyl groups excluding tert-OH is 1. The van der Waals surface area contributed by atoms with Gasteiger partial charge in [-0.05, 0) is 57.3 Å². The maximum Gasteiger partial charge on any atom is 0.416 e. The van der Waals surface area contributed by atoms with Crippen molar-refractivity contribution in [2.75, 3.05) is 14.1 Å². The Kier molecular flexibility index (Phi) is 6.43. The number of benzene rings is 1. The van der Waals surface area contributed by atoms with Crippen molar-refractivity contribution in [3.8, 4) is 17.0 Å². The molecular weight excluding hydrogens is 359 g/mol. The summed E-state index contributed by atoms with van der Waals surface area (Å²) in [5.74, 6) is -0.521. The van der Waals surface area contributed by atoms with E-state index >= 15 is 0 Å². The summed E-state index contributed by atoms with van der Waals surface area (Å²) in [5.41, 5.74) is 0.480. The number of aromatic nitrogens is 2. The molecule has 0 saturated heterocycles. The summed E-state index contributed by atoms with van der Waals surface area (Å²) in [4.78, 5) is 1.92. The van der Waals surface area contributed by atoms with Gasteiger partial charge in [-0.3, -0.25) is 0 Å². The van der Waals surface area contributed by atoms with Gasteiger partial charge in [0.2, 0.25) is 0 Å². The first-order valence-electron chi connectivity index (χ1n) is 8.65. The summed E-state index contributed by atoms with van der Waals surface area (Å²) in [6, 6.07) is 4.25. The van der Waals surface area contributed by atoms with Crippen LogP contribution in [-0.4, -0.2) is 45.4 Å². The molecule has 5 nitrogen and oxygen atoms in total. The highest BCUT2D eigenvalue weighted by Gasteiger charge is 2.31. The average molecular weight is 383 g/mol. The number of aliphatic hydroxyl groups is 1. The van der Waals surface area contributed by atoms with Gasteiger partial charge in [0.05, 0.1) is 17.0 Å². The lowest BCUT2D eigenvalue weighted by Crippen LogP contribution is -2.34. The standard InChI is InChI=1S/C19H24F3N3O2/c1-5-6-15(25(3)4)18(27)14-9-11(2)17(24-23-14)13-8-7-12(10-16(13)26)19(20,21)22/h7-10,15,18,26-27H,5-6H2,1-4H3. The number of phenolic OH excluding ortho intramolecular Hbond substituents is 1. The summed E-state index contributed by atoms with van der Waals surface area (Å²) < 4.78 is 38.3. The first kappa shape index (κ1) is 21.1. The van der Waals surface area contributed by atoms with Crippen LogP contribution in [0.25, 0.3) is 11.3 Å². The molecule has 1 aromatic carbocycles. The second kappa shape index (κ2) is 8.22. The second-order valence-corrected chi connectivity index (χ2v) is 6.79. The van der Waals surface area contributed by atoms with Crippen LogP contribution >= 0.6 is 0 Å². The van der Waals surface area contributed by atoms with Crippen LogP contribution in [0, 0.1) is 6.92 Å². The minimum absolute atomic E-state index is 0.131. The van der Waals surface area contributed by atoms with Crippen LogP contribution in [0.15, 0.2) is 24.3 Å². The van der Waals surface area contributed by atoms with Gasteiger partial charge in [-0.15, -0.1) is 5.10 Å². The molecule has 0 radical (unpaired) electrons. The molecule has 0 spiro atoms. The Morgan fingerprint density at radius 1 is 1.15 bits per heavy atom. The Hall–Kier alpha value is -2.19. The predicted octanol–water partition coefficient (Wildman–Crippen LogP) is 3.94. The molecular formula is C19H24F3N3O2. The van der Waals surface area contributed by atoms with Crippen molar-refractivity contribution in [1.29, 1.82) is 0 Å². The number of alkyl halides is 3. The number of hydrogen-bond acceptors (Lipinski definition) is 5. The normalized spacial score (nSPS) is 14.4. The molecule has 0 amide bonds. The van der Waals surface area contributed by atoms with Gasteiger partial charge in [-0.1, -0.05) is 13.3 Å². The lowest BCUT2D eigenvalue weighted by atomic mass is 9.99. The first-order valence-corrected chi connectivity index (χ1v) is 8.65. The zero-order valence-corrected chi connectivity index (χ0v) is 15.7. The predicted molar refractivity (Wildman–Crippen MR) is 96.2 cm³/mol. The highest BCUT2D eigenvalue weighted by Crippen LogP contribution is 2.37. The summed E-state index contributed by atoms with van der Waals surface area (Å²) in [7, 11) is 3.75. The minimum atomic E-state index is -4.54. The third-order valence-corrected chi connectivity index (χ3v) is 4.50. The smallest absolute Gasteiger partial charge is 0.416 e. The Balaban J connectivity index is 2.37. The van der Waals surface area contributed by atoms with E-state index in [9.17, 15) is 23.4 Å². The number of halogens is 3. The van der Waals surface area contributed by atoms with E-state index in [-0.39, 0.29) is 17.3 Å². The van der Waals surface area contributed by atoms with Crippen LogP contribution in [0.3, 0.4) is 0 Å². The van der Waals surface area contributed by atoms with Crippen LogP contribution in [0.2, 0.25) is 0 Å². The molecule has 0 aliphatic rings. The van der Waals surface area contributed by atoms with Crippen molar-refractivity contribution in [3.63, 3.8) is 0 Å². The molecule has 148 valence electrons. The van der Waals surface area contributed by atoms with Gasteiger partial charge in [-0.25, -0.2) is 0 Å². The Morgan fingerprint density at radius 2 is 1.81 bits per heavy atom. The van der Waals surface area contributed by atoms with Crippen LogP contribution < -0.4 is 0 Å². The van der Waals surface area contributed by atoms with E-state index in [1.165, 1.54) is 6.07 Å². The lowest BCUT2D eigenvalue weighted by Gasteiger charge is -2.28. The van der Waals surface area contributed by atoms with Crippen molar-refractivity contribution in [3.05, 3.63) is 41.1 Å². The minimum Gasteiger partial charge on any atom is -0.507 e. The Bertz CT molecular complexity index is 794. The Labute approximate surface area is 156 Å². The van der Waals surface area contributed by atoms with Gasteiger partial charge in [0.1, 0.15) is 11.9 Å². The topological polar surface area (TPSA) is 69.5 Å². The second-order valence-electron chi connectivity index (χ2n) is 6.79. The monoisotopic (exact) mass is 383 g/mol. The summed E-state index contributed by atoms with van der Waals surface area (Å²) in [5, 5.41) is 28.8. The van der Waals surface area contributed by atoms with Crippen LogP contribution in [-0.2, 0) is 6.18 Å². The Morgan fingerprint density at radius 3 is 2.30 bits per heavy atom. The molecule has 2 N–H and O–H groups in total. The summed E-state index contributed by atoms with van der Waals surface area (Å²) in [6.07, 6.45) is -3.72. The molecule has 0 saturated carbocycles. The van der Waals surface area contributed by atoms with E-state index in [4.69, 9.17) is 0 Å². The molecule has 0 bridgehead atoms. The van der Waals surface area contributed by atoms with Crippen molar-refractivity contribution >= 4 is 0 Å². The summed E-state index contributed by atoms with van der Waals surface area (Å²) >= 11 is 0. The summed E-state index contributed by atoms with van der Waals surface area (Å²) in [6.45, 7) is 3.73. The van der Waals surface area contributed by atoms with Crippen LogP contribution in [0.4, 0.5) is 13.2 Å². The lowest BCUT2D eigenvalue weighted by molar-refractivity contribution is -0.137. The van der Waals surface area contributed by atoms with Gasteiger partial charge in [-0.2, -0.15) is 18.3 Å². The molecule has 2 unspecified atom stereocenters. The zero-order chi connectivity index (χ0) is 20.4. The van der Waals surface area contributed by atoms with E-state index in [1.807, 2.05) is 25.9 Å². The fraction of sp³-hybridized carbons (Fsp3) is 0.474. The molecule has 0 aliphatic heterocycles. The number of likely N-dealkylation sites (N-methyl/N-ethyl adjacent to an activating group) is 1. The fourth-order valence-corrected chi connectivity index (χ4v) is 3.02. The van der Waals surface area contributed by atoms with Crippen molar-refractivity contribution in [2.24, 2.45) is 0 Å². The zero-order valence-electron chi connectivity index (χ0n) is 15.7. The molecule has 0 aliphatic carbocycles. The van der Waals surface area contributed by atoms with E-state index in [0.29, 0.717) is 17.3 Å². The number of aromatic hydroxyl groups is 1. The third-order valence-electron chi connectivity index (χ3n) is 4.50. The van der Waals surface area contributed by atoms with Crippen LogP contribution in [0.5, 0.6) is 5.75 Å². The molecule has 8 heteroatoms. The van der Waals surface area contributed by atoms with E-state index in [2.05, 4.69) is 10.2 Å². The molecule has 27 heavy (non-hydrogen) atoms. The maximum absolute atomic E-state index is 12.8. The number of hydrogen-bond donors (Lipinski definition) is 2. The van der Waals surface area contributed by atoms with E-state index in [0.717, 1.165) is 18.9 Å². The van der Waals surface area contributed by atoms with E-state index < -0.39 is 23.6 Å². The fourth-order valence-electron chi connectivity index (χ4n) is 3.02. The first-order chi connectivity index (χ1) is 12.6. The third kappa shape index (κ3) is 4.75. The van der Waals surface area contributed by atoms with Gasteiger partial charge < -0.3 is 15.1 Å². The van der Waals surface area contributed by atoms with Crippen molar-refractivity contribution < 1.29 is 23.4 Å². The van der Waals surface area contributed by atoms with E-state index in [1.54, 1.807) is 13.0 Å². The number of phenols is 1. The largest absolute Gasteiger partial charge is 0.507 e. The molecule has 2 atom stereocenters. The van der Waals surface area contributed by atoms with Gasteiger partial charge in [0, 0.05) is 11.6 Å². The van der Waals surface area contributed by atoms with Crippen molar-refractivity contribution in [1.82, 2.24) is 15.1 Å². The SMILES string of the molecule is CCCC(C(O)c1cc(C)c(-c2ccc(C(F)(F)F)cc2O)nn1)N(C)C. The highest BCUT2D eigenvalue weighted by atomic mass is 19.4. The molecule has 1 heterocycles. The van der Waals surface area contributed by atoms with Crippen LogP contribution in [0.1, 0.15) is 42.7 Å². The average Bonchev–Trinajstić information content (AvgIpc) is 2.58. The molecule has 1 aromatic heterocycles. The quantitative estimate of drug-likeness (QED) is 0.791. The molecule has 2 aromatic rings. The molecule has 2 rings (SSSR count). The van der Waals surface area contributed by atoms with Gasteiger partial charge in [0.15, 0.2) is 0 Å². The number of nitrogens with zero attached hydrogens (tertiary/aromatic N) is 3. The highest BCUT2D eigenvalue weighted by molar-refractivity contribution is 5.69. The molecule has 0 fully saturated rings. The number of rotatable bonds is 6. The number of aryl methyl sites for hydroxylation is 1. The maximum atomic E-state index is 12.8. The van der Waals surface area contributed by atoms with Gasteiger partial charge >= 0.3 is 6.18 Å².